The average Bonchev–Trinajstić information content (AvgIpc) is 2.83. The zero-order chi connectivity index (χ0) is 13.7. The lowest BCUT2D eigenvalue weighted by atomic mass is 9.85. The Balaban J connectivity index is 1.71. The molecule has 2 N–H and O–H groups in total. The first-order chi connectivity index (χ1) is 9.15. The Kier molecular flexibility index (Phi) is 5.34. The van der Waals surface area contributed by atoms with E-state index in [4.69, 9.17) is 0 Å². The zero-order valence-corrected chi connectivity index (χ0v) is 12.6. The lowest BCUT2D eigenvalue weighted by Gasteiger charge is -2.27. The van der Waals surface area contributed by atoms with Gasteiger partial charge in [0.2, 0.25) is 5.91 Å². The van der Waals surface area contributed by atoms with E-state index in [1.807, 2.05) is 12.3 Å². The van der Waals surface area contributed by atoms with Gasteiger partial charge in [-0.2, -0.15) is 0 Å². The van der Waals surface area contributed by atoms with Crippen molar-refractivity contribution in [2.75, 3.05) is 13.1 Å². The second kappa shape index (κ2) is 7.01. The average molecular weight is 281 g/mol. The predicted molar refractivity (Wildman–Crippen MR) is 78.1 cm³/mol. The van der Waals surface area contributed by atoms with Gasteiger partial charge >= 0.3 is 0 Å². The molecule has 5 heteroatoms. The topological polar surface area (TPSA) is 54.0 Å². The minimum atomic E-state index is 0.142. The Bertz CT molecular complexity index is 413. The van der Waals surface area contributed by atoms with E-state index < -0.39 is 0 Å². The molecule has 0 aliphatic carbocycles. The van der Waals surface area contributed by atoms with Crippen LogP contribution in [-0.4, -0.2) is 24.0 Å². The second-order valence-electron chi connectivity index (χ2n) is 5.42. The van der Waals surface area contributed by atoms with Crippen molar-refractivity contribution in [3.05, 3.63) is 16.1 Å². The maximum atomic E-state index is 11.9. The molecule has 0 spiro atoms. The number of nitrogens with one attached hydrogen (secondary N) is 2. The molecular formula is C14H23N3OS. The summed E-state index contributed by atoms with van der Waals surface area (Å²) in [5.74, 6) is 1.23. The third-order valence-electron chi connectivity index (χ3n) is 3.78. The molecule has 106 valence electrons. The summed E-state index contributed by atoms with van der Waals surface area (Å²) in [7, 11) is 0. The normalized spacial score (nSPS) is 21.1. The molecule has 2 atom stereocenters. The highest BCUT2D eigenvalue weighted by Gasteiger charge is 2.21. The van der Waals surface area contributed by atoms with Crippen molar-refractivity contribution >= 4 is 17.2 Å². The Morgan fingerprint density at radius 2 is 2.53 bits per heavy atom. The van der Waals surface area contributed by atoms with Gasteiger partial charge in [-0.25, -0.2) is 4.98 Å². The molecule has 1 saturated heterocycles. The van der Waals surface area contributed by atoms with Crippen LogP contribution in [0.4, 0.5) is 0 Å². The summed E-state index contributed by atoms with van der Waals surface area (Å²) in [4.78, 5) is 16.3. The number of rotatable bonds is 5. The highest BCUT2D eigenvalue weighted by Crippen LogP contribution is 2.22. The highest BCUT2D eigenvalue weighted by molar-refractivity contribution is 7.09. The molecule has 0 bridgehead atoms. The Morgan fingerprint density at radius 1 is 1.68 bits per heavy atom. The van der Waals surface area contributed by atoms with Gasteiger partial charge in [-0.05, 0) is 44.7 Å². The number of carbonyl (C=O) groups excluding carboxylic acids is 1. The van der Waals surface area contributed by atoms with E-state index in [1.165, 1.54) is 12.8 Å². The third kappa shape index (κ3) is 4.58. The predicted octanol–water partition coefficient (Wildman–Crippen LogP) is 2.09. The van der Waals surface area contributed by atoms with E-state index in [0.29, 0.717) is 24.8 Å². The van der Waals surface area contributed by atoms with Crippen LogP contribution in [0.25, 0.3) is 0 Å². The fraction of sp³-hybridized carbons (Fsp3) is 0.714. The van der Waals surface area contributed by atoms with E-state index in [0.717, 1.165) is 23.8 Å². The maximum absolute atomic E-state index is 11.9. The monoisotopic (exact) mass is 281 g/mol. The van der Waals surface area contributed by atoms with Crippen molar-refractivity contribution < 1.29 is 4.79 Å². The van der Waals surface area contributed by atoms with Crippen LogP contribution in [0.3, 0.4) is 0 Å². The summed E-state index contributed by atoms with van der Waals surface area (Å²) >= 11 is 1.62. The molecule has 1 amide bonds. The second-order valence-corrected chi connectivity index (χ2v) is 6.48. The summed E-state index contributed by atoms with van der Waals surface area (Å²) in [5.41, 5.74) is 0.961. The fourth-order valence-electron chi connectivity index (χ4n) is 2.57. The molecule has 2 heterocycles. The zero-order valence-electron chi connectivity index (χ0n) is 11.7. The van der Waals surface area contributed by atoms with Gasteiger partial charge in [-0.1, -0.05) is 6.92 Å². The van der Waals surface area contributed by atoms with Gasteiger partial charge in [0.15, 0.2) is 0 Å². The van der Waals surface area contributed by atoms with Gasteiger partial charge in [-0.3, -0.25) is 4.79 Å². The molecular weight excluding hydrogens is 258 g/mol. The van der Waals surface area contributed by atoms with Crippen molar-refractivity contribution in [3.8, 4) is 0 Å². The number of amides is 1. The fourth-order valence-corrected chi connectivity index (χ4v) is 3.19. The van der Waals surface area contributed by atoms with Crippen LogP contribution in [0, 0.1) is 18.8 Å². The molecule has 19 heavy (non-hydrogen) atoms. The van der Waals surface area contributed by atoms with Gasteiger partial charge < -0.3 is 10.6 Å². The molecule has 1 aliphatic heterocycles. The van der Waals surface area contributed by atoms with Crippen LogP contribution in [-0.2, 0) is 11.3 Å². The van der Waals surface area contributed by atoms with E-state index in [-0.39, 0.29) is 5.91 Å². The number of aromatic nitrogens is 1. The van der Waals surface area contributed by atoms with E-state index in [2.05, 4.69) is 22.5 Å². The molecule has 4 nitrogen and oxygen atoms in total. The van der Waals surface area contributed by atoms with Crippen molar-refractivity contribution in [2.45, 2.75) is 39.7 Å². The summed E-state index contributed by atoms with van der Waals surface area (Å²) in [6.45, 7) is 6.90. The SMILES string of the molecule is Cc1nc(CNC(=O)CC(C)C2CCCNC2)cs1. The van der Waals surface area contributed by atoms with Crippen LogP contribution in [0.15, 0.2) is 5.38 Å². The number of hydrogen-bond acceptors (Lipinski definition) is 4. The van der Waals surface area contributed by atoms with Gasteiger partial charge in [0, 0.05) is 11.8 Å². The Hall–Kier alpha value is -0.940. The van der Waals surface area contributed by atoms with E-state index >= 15 is 0 Å². The quantitative estimate of drug-likeness (QED) is 0.869. The Morgan fingerprint density at radius 3 is 3.16 bits per heavy atom. The number of thiazole rings is 1. The lowest BCUT2D eigenvalue weighted by molar-refractivity contribution is -0.122. The van der Waals surface area contributed by atoms with Crippen molar-refractivity contribution in [1.29, 1.82) is 0 Å². The first-order valence-corrected chi connectivity index (χ1v) is 7.91. The smallest absolute Gasteiger partial charge is 0.220 e. The van der Waals surface area contributed by atoms with Crippen LogP contribution in [0.2, 0.25) is 0 Å². The summed E-state index contributed by atoms with van der Waals surface area (Å²) in [6, 6.07) is 0. The molecule has 0 saturated carbocycles. The van der Waals surface area contributed by atoms with Crippen molar-refractivity contribution in [1.82, 2.24) is 15.6 Å². The molecule has 1 aliphatic rings. The van der Waals surface area contributed by atoms with E-state index in [1.54, 1.807) is 11.3 Å². The molecule has 0 radical (unpaired) electrons. The molecule has 2 unspecified atom stereocenters. The lowest BCUT2D eigenvalue weighted by Crippen LogP contribution is -2.35. The largest absolute Gasteiger partial charge is 0.350 e. The number of piperidine rings is 1. The third-order valence-corrected chi connectivity index (χ3v) is 4.60. The summed E-state index contributed by atoms with van der Waals surface area (Å²) < 4.78 is 0. The van der Waals surface area contributed by atoms with Crippen molar-refractivity contribution in [3.63, 3.8) is 0 Å². The van der Waals surface area contributed by atoms with Gasteiger partial charge in [0.25, 0.3) is 0 Å². The number of nitrogens with zero attached hydrogens (tertiary/aromatic N) is 1. The van der Waals surface area contributed by atoms with Crippen LogP contribution in [0.5, 0.6) is 0 Å². The standard InChI is InChI=1S/C14H23N3OS/c1-10(12-4-3-5-15-7-12)6-14(18)16-8-13-9-19-11(2)17-13/h9-10,12,15H,3-8H2,1-2H3,(H,16,18). The summed E-state index contributed by atoms with van der Waals surface area (Å²) in [5, 5.41) is 9.43. The first kappa shape index (κ1) is 14.5. The van der Waals surface area contributed by atoms with Crippen molar-refractivity contribution in [2.24, 2.45) is 11.8 Å². The minimum absolute atomic E-state index is 0.142. The molecule has 1 aromatic heterocycles. The van der Waals surface area contributed by atoms with Gasteiger partial charge in [0.1, 0.15) is 0 Å². The number of carbonyl (C=O) groups is 1. The van der Waals surface area contributed by atoms with Crippen LogP contribution >= 0.6 is 11.3 Å². The minimum Gasteiger partial charge on any atom is -0.350 e. The molecule has 1 aromatic rings. The van der Waals surface area contributed by atoms with E-state index in [9.17, 15) is 4.79 Å². The molecule has 0 aromatic carbocycles. The van der Waals surface area contributed by atoms with Gasteiger partial charge in [-0.15, -0.1) is 11.3 Å². The molecule has 1 fully saturated rings. The highest BCUT2D eigenvalue weighted by atomic mass is 32.1. The first-order valence-electron chi connectivity index (χ1n) is 7.03. The maximum Gasteiger partial charge on any atom is 0.220 e. The number of aryl methyl sites for hydroxylation is 1. The van der Waals surface area contributed by atoms with Crippen LogP contribution in [0.1, 0.15) is 36.9 Å². The van der Waals surface area contributed by atoms with Crippen LogP contribution < -0.4 is 10.6 Å². The summed E-state index contributed by atoms with van der Waals surface area (Å²) in [6.07, 6.45) is 3.09. The molecule has 2 rings (SSSR count). The van der Waals surface area contributed by atoms with Gasteiger partial charge in [0.05, 0.1) is 17.2 Å². The number of hydrogen-bond donors (Lipinski definition) is 2. The Labute approximate surface area is 119 Å².